The summed E-state index contributed by atoms with van der Waals surface area (Å²) in [5.74, 6) is 0.969. The van der Waals surface area contributed by atoms with Crippen molar-refractivity contribution in [3.05, 3.63) is 11.8 Å². The molecule has 7 nitrogen and oxygen atoms in total. The van der Waals surface area contributed by atoms with Crippen molar-refractivity contribution < 1.29 is 14.6 Å². The van der Waals surface area contributed by atoms with Gasteiger partial charge >= 0.3 is 5.97 Å². The number of anilines is 2. The number of hydrogen-bond donors (Lipinski definition) is 1. The molecule has 3 rings (SSSR count). The molecule has 0 radical (unpaired) electrons. The minimum atomic E-state index is -0.713. The Labute approximate surface area is 142 Å². The lowest BCUT2D eigenvalue weighted by atomic mass is 9.86. The first-order valence-corrected chi connectivity index (χ1v) is 8.62. The summed E-state index contributed by atoms with van der Waals surface area (Å²) in [6.07, 6.45) is 0. The predicted octanol–water partition coefficient (Wildman–Crippen LogP) is 1.41. The second-order valence-electron chi connectivity index (χ2n) is 7.02. The first-order valence-electron chi connectivity index (χ1n) is 8.62. The summed E-state index contributed by atoms with van der Waals surface area (Å²) >= 11 is 0. The minimum absolute atomic E-state index is 0.143. The third-order valence-corrected chi connectivity index (χ3v) is 4.99. The van der Waals surface area contributed by atoms with E-state index in [9.17, 15) is 9.90 Å². The Bertz CT molecular complexity index is 601. The van der Waals surface area contributed by atoms with E-state index < -0.39 is 5.97 Å². The van der Waals surface area contributed by atoms with Gasteiger partial charge in [0.15, 0.2) is 0 Å². The number of carboxylic acid groups (broad SMARTS) is 1. The van der Waals surface area contributed by atoms with Crippen LogP contribution in [0.2, 0.25) is 0 Å². The topological polar surface area (TPSA) is 78.8 Å². The molecule has 2 saturated heterocycles. The molecule has 7 heteroatoms. The van der Waals surface area contributed by atoms with E-state index in [1.807, 2.05) is 13.0 Å². The quantitative estimate of drug-likeness (QED) is 0.892. The minimum Gasteiger partial charge on any atom is -0.481 e. The largest absolute Gasteiger partial charge is 0.481 e. The third-order valence-electron chi connectivity index (χ3n) is 4.99. The molecule has 24 heavy (non-hydrogen) atoms. The van der Waals surface area contributed by atoms with Gasteiger partial charge in [-0.25, -0.2) is 4.98 Å². The van der Waals surface area contributed by atoms with Gasteiger partial charge in [0.2, 0.25) is 5.95 Å². The number of rotatable bonds is 4. The number of carboxylic acids is 1. The molecule has 2 aliphatic rings. The molecular formula is C17H26N4O3. The lowest BCUT2D eigenvalue weighted by Gasteiger charge is -2.28. The van der Waals surface area contributed by atoms with Gasteiger partial charge in [-0.1, -0.05) is 13.8 Å². The molecule has 0 aromatic carbocycles. The average Bonchev–Trinajstić information content (AvgIpc) is 3.01. The van der Waals surface area contributed by atoms with Crippen LogP contribution in [0.4, 0.5) is 11.8 Å². The third kappa shape index (κ3) is 3.45. The normalized spacial score (nSPS) is 24.7. The van der Waals surface area contributed by atoms with E-state index in [1.165, 1.54) is 0 Å². The molecule has 0 amide bonds. The van der Waals surface area contributed by atoms with E-state index >= 15 is 0 Å². The zero-order valence-electron chi connectivity index (χ0n) is 14.6. The molecule has 2 unspecified atom stereocenters. The molecule has 1 aromatic heterocycles. The summed E-state index contributed by atoms with van der Waals surface area (Å²) in [6, 6.07) is 1.95. The summed E-state index contributed by atoms with van der Waals surface area (Å²) < 4.78 is 5.39. The van der Waals surface area contributed by atoms with Crippen molar-refractivity contribution in [3.8, 4) is 0 Å². The molecule has 2 aliphatic heterocycles. The Morgan fingerprint density at radius 2 is 1.96 bits per heavy atom. The Morgan fingerprint density at radius 3 is 2.54 bits per heavy atom. The number of carbonyl (C=O) groups is 1. The molecule has 0 bridgehead atoms. The highest BCUT2D eigenvalue weighted by molar-refractivity contribution is 5.72. The van der Waals surface area contributed by atoms with Gasteiger partial charge in [0, 0.05) is 37.9 Å². The van der Waals surface area contributed by atoms with Gasteiger partial charge < -0.3 is 19.6 Å². The number of ether oxygens (including phenoxy) is 1. The van der Waals surface area contributed by atoms with Gasteiger partial charge in [-0.15, -0.1) is 0 Å². The van der Waals surface area contributed by atoms with Crippen LogP contribution >= 0.6 is 0 Å². The van der Waals surface area contributed by atoms with Gasteiger partial charge in [0.25, 0.3) is 0 Å². The van der Waals surface area contributed by atoms with E-state index in [2.05, 4.69) is 28.6 Å². The van der Waals surface area contributed by atoms with Crippen molar-refractivity contribution in [2.24, 2.45) is 17.8 Å². The van der Waals surface area contributed by atoms with E-state index in [0.29, 0.717) is 31.6 Å². The zero-order chi connectivity index (χ0) is 17.3. The Hall–Kier alpha value is -1.89. The lowest BCUT2D eigenvalue weighted by Crippen LogP contribution is -2.37. The predicted molar refractivity (Wildman–Crippen MR) is 91.5 cm³/mol. The maximum atomic E-state index is 11.6. The molecular weight excluding hydrogens is 308 g/mol. The van der Waals surface area contributed by atoms with Crippen molar-refractivity contribution in [2.75, 3.05) is 49.2 Å². The Balaban J connectivity index is 1.84. The molecule has 2 atom stereocenters. The van der Waals surface area contributed by atoms with Crippen LogP contribution in [0.25, 0.3) is 0 Å². The summed E-state index contributed by atoms with van der Waals surface area (Å²) in [6.45, 7) is 10.3. The highest BCUT2D eigenvalue weighted by atomic mass is 16.5. The molecule has 2 fully saturated rings. The van der Waals surface area contributed by atoms with Gasteiger partial charge in [0.05, 0.1) is 19.1 Å². The van der Waals surface area contributed by atoms with E-state index in [-0.39, 0.29) is 11.8 Å². The standard InChI is InChI=1S/C17H26N4O3/c1-11(2)13-9-21(10-14(13)16(22)23)15-8-12(3)18-17(19-15)20-4-6-24-7-5-20/h8,11,13-14H,4-7,9-10H2,1-3H3,(H,22,23). The van der Waals surface area contributed by atoms with Crippen LogP contribution in [0.3, 0.4) is 0 Å². The van der Waals surface area contributed by atoms with Crippen LogP contribution in [0, 0.1) is 24.7 Å². The molecule has 3 heterocycles. The molecule has 0 aliphatic carbocycles. The SMILES string of the molecule is Cc1cc(N2CC(C(=O)O)C(C(C)C)C2)nc(N2CCOCC2)n1. The number of morpholine rings is 1. The Kier molecular flexibility index (Phi) is 4.89. The molecule has 0 saturated carbocycles. The van der Waals surface area contributed by atoms with E-state index in [1.54, 1.807) is 0 Å². The van der Waals surface area contributed by atoms with Gasteiger partial charge in [-0.3, -0.25) is 4.79 Å². The average molecular weight is 334 g/mol. The maximum Gasteiger partial charge on any atom is 0.308 e. The Morgan fingerprint density at radius 1 is 1.25 bits per heavy atom. The van der Waals surface area contributed by atoms with Crippen LogP contribution in [0.1, 0.15) is 19.5 Å². The zero-order valence-corrected chi connectivity index (χ0v) is 14.6. The summed E-state index contributed by atoms with van der Waals surface area (Å²) in [5, 5.41) is 9.53. The first-order chi connectivity index (χ1) is 11.5. The van der Waals surface area contributed by atoms with Crippen molar-refractivity contribution in [1.29, 1.82) is 0 Å². The molecule has 1 N–H and O–H groups in total. The molecule has 0 spiro atoms. The van der Waals surface area contributed by atoms with Gasteiger partial charge in [0.1, 0.15) is 5.82 Å². The van der Waals surface area contributed by atoms with Crippen LogP contribution in [-0.4, -0.2) is 60.4 Å². The number of nitrogens with zero attached hydrogens (tertiary/aromatic N) is 4. The second kappa shape index (κ2) is 6.93. The van der Waals surface area contributed by atoms with Gasteiger partial charge in [-0.2, -0.15) is 4.98 Å². The highest BCUT2D eigenvalue weighted by Crippen LogP contribution is 2.33. The number of aliphatic carboxylic acids is 1. The summed E-state index contributed by atoms with van der Waals surface area (Å²) in [7, 11) is 0. The van der Waals surface area contributed by atoms with Crippen LogP contribution in [0.5, 0.6) is 0 Å². The van der Waals surface area contributed by atoms with Crippen LogP contribution < -0.4 is 9.80 Å². The van der Waals surface area contributed by atoms with E-state index in [0.717, 1.165) is 31.1 Å². The monoisotopic (exact) mass is 334 g/mol. The first kappa shape index (κ1) is 17.0. The number of hydrogen-bond acceptors (Lipinski definition) is 6. The lowest BCUT2D eigenvalue weighted by molar-refractivity contribution is -0.142. The van der Waals surface area contributed by atoms with Crippen molar-refractivity contribution in [3.63, 3.8) is 0 Å². The van der Waals surface area contributed by atoms with Crippen LogP contribution in [0.15, 0.2) is 6.07 Å². The fourth-order valence-corrected chi connectivity index (χ4v) is 3.56. The van der Waals surface area contributed by atoms with Crippen LogP contribution in [-0.2, 0) is 9.53 Å². The van der Waals surface area contributed by atoms with Crippen molar-refractivity contribution in [1.82, 2.24) is 9.97 Å². The number of aromatic nitrogens is 2. The molecule has 1 aromatic rings. The van der Waals surface area contributed by atoms with E-state index in [4.69, 9.17) is 9.72 Å². The fraction of sp³-hybridized carbons (Fsp3) is 0.706. The molecule has 132 valence electrons. The summed E-state index contributed by atoms with van der Waals surface area (Å²) in [4.78, 5) is 25.1. The van der Waals surface area contributed by atoms with Crippen molar-refractivity contribution >= 4 is 17.7 Å². The van der Waals surface area contributed by atoms with Gasteiger partial charge in [-0.05, 0) is 18.8 Å². The number of aryl methyl sites for hydroxylation is 1. The highest BCUT2D eigenvalue weighted by Gasteiger charge is 2.39. The second-order valence-corrected chi connectivity index (χ2v) is 7.02. The maximum absolute atomic E-state index is 11.6. The smallest absolute Gasteiger partial charge is 0.308 e. The fourth-order valence-electron chi connectivity index (χ4n) is 3.56. The summed E-state index contributed by atoms with van der Waals surface area (Å²) in [5.41, 5.74) is 0.904. The van der Waals surface area contributed by atoms with Crippen molar-refractivity contribution in [2.45, 2.75) is 20.8 Å².